The number of fused-ring (bicyclic) bond motifs is 2. The van der Waals surface area contributed by atoms with Crippen LogP contribution in [0.15, 0.2) is 76.4 Å². The third kappa shape index (κ3) is 4.40. The Labute approximate surface area is 206 Å². The molecular formula is C26H27N3O7. The van der Waals surface area contributed by atoms with E-state index in [2.05, 4.69) is 4.98 Å². The van der Waals surface area contributed by atoms with Crippen LogP contribution < -0.4 is 11.2 Å². The van der Waals surface area contributed by atoms with E-state index in [1.54, 1.807) is 6.92 Å². The normalized spacial score (nSPS) is 25.3. The van der Waals surface area contributed by atoms with E-state index in [9.17, 15) is 14.4 Å². The summed E-state index contributed by atoms with van der Waals surface area (Å²) in [5.74, 6) is -0.485. The van der Waals surface area contributed by atoms with Crippen LogP contribution in [0.1, 0.15) is 22.9 Å². The third-order valence-electron chi connectivity index (χ3n) is 6.42. The molecule has 2 fully saturated rings. The molecule has 0 saturated carbocycles. The van der Waals surface area contributed by atoms with Crippen molar-refractivity contribution in [2.75, 3.05) is 13.7 Å². The smallest absolute Gasteiger partial charge is 0.330 e. The fourth-order valence-electron chi connectivity index (χ4n) is 4.59. The first-order valence-electron chi connectivity index (χ1n) is 11.6. The van der Waals surface area contributed by atoms with Gasteiger partial charge in [-0.2, -0.15) is 0 Å². The number of likely N-dealkylation sites (N-methyl/N-ethyl adjacent to an activating group) is 1. The summed E-state index contributed by atoms with van der Waals surface area (Å²) in [6, 6.07) is 19.1. The molecule has 1 amide bonds. The molecule has 1 N–H and O–H groups in total. The molecule has 1 aromatic heterocycles. The molecule has 2 saturated heterocycles. The van der Waals surface area contributed by atoms with Gasteiger partial charge in [0.2, 0.25) is 5.60 Å². The van der Waals surface area contributed by atoms with Crippen molar-refractivity contribution < 1.29 is 23.8 Å². The van der Waals surface area contributed by atoms with Crippen molar-refractivity contribution in [1.82, 2.24) is 14.6 Å². The SMILES string of the molecule is Cc1cn([C@@H]2O[C@@]3(COCc4ccccc4)C(=O)N(C)O[C@@H]2[C@@H]3OCc2ccccc2)c(=O)[nH]c1=O. The molecule has 188 valence electrons. The summed E-state index contributed by atoms with van der Waals surface area (Å²) >= 11 is 0. The average molecular weight is 494 g/mol. The quantitative estimate of drug-likeness (QED) is 0.508. The number of H-pyrrole nitrogens is 1. The van der Waals surface area contributed by atoms with Crippen LogP contribution in [0.5, 0.6) is 0 Å². The molecule has 36 heavy (non-hydrogen) atoms. The highest BCUT2D eigenvalue weighted by molar-refractivity contribution is 5.86. The van der Waals surface area contributed by atoms with Crippen LogP contribution >= 0.6 is 0 Å². The largest absolute Gasteiger partial charge is 0.373 e. The maximum atomic E-state index is 13.5. The summed E-state index contributed by atoms with van der Waals surface area (Å²) in [6.07, 6.45) is -1.39. The number of ether oxygens (including phenoxy) is 3. The molecule has 2 aromatic carbocycles. The van der Waals surface area contributed by atoms with E-state index < -0.39 is 41.2 Å². The van der Waals surface area contributed by atoms with Gasteiger partial charge in [-0.3, -0.25) is 24.0 Å². The molecule has 0 unspecified atom stereocenters. The van der Waals surface area contributed by atoms with E-state index in [0.29, 0.717) is 5.56 Å². The molecule has 2 bridgehead atoms. The molecule has 0 aliphatic carbocycles. The molecule has 3 heterocycles. The van der Waals surface area contributed by atoms with Gasteiger partial charge in [0.05, 0.1) is 19.8 Å². The number of carbonyl (C=O) groups excluding carboxylic acids is 1. The molecule has 2 aliphatic rings. The van der Waals surface area contributed by atoms with Gasteiger partial charge in [0.15, 0.2) is 12.3 Å². The zero-order chi connectivity index (χ0) is 25.3. The number of rotatable bonds is 8. The predicted molar refractivity (Wildman–Crippen MR) is 128 cm³/mol. The summed E-state index contributed by atoms with van der Waals surface area (Å²) in [5.41, 5.74) is -0.599. The van der Waals surface area contributed by atoms with Crippen molar-refractivity contribution in [3.8, 4) is 0 Å². The van der Waals surface area contributed by atoms with Gasteiger partial charge in [0.1, 0.15) is 6.10 Å². The number of aromatic amines is 1. The Hall–Kier alpha value is -3.57. The zero-order valence-electron chi connectivity index (χ0n) is 20.0. The minimum Gasteiger partial charge on any atom is -0.373 e. The Kier molecular flexibility index (Phi) is 6.59. The van der Waals surface area contributed by atoms with E-state index in [0.717, 1.165) is 16.2 Å². The van der Waals surface area contributed by atoms with Crippen molar-refractivity contribution >= 4 is 5.91 Å². The van der Waals surface area contributed by atoms with Crippen LogP contribution in [0.2, 0.25) is 0 Å². The molecule has 3 aromatic rings. The summed E-state index contributed by atoms with van der Waals surface area (Å²) < 4.78 is 19.8. The summed E-state index contributed by atoms with van der Waals surface area (Å²) in [4.78, 5) is 46.4. The van der Waals surface area contributed by atoms with Gasteiger partial charge in [-0.05, 0) is 18.1 Å². The van der Waals surface area contributed by atoms with Gasteiger partial charge in [-0.1, -0.05) is 60.7 Å². The number of carbonyl (C=O) groups is 1. The van der Waals surface area contributed by atoms with E-state index in [1.807, 2.05) is 60.7 Å². The van der Waals surface area contributed by atoms with Gasteiger partial charge in [-0.15, -0.1) is 0 Å². The maximum absolute atomic E-state index is 13.5. The van der Waals surface area contributed by atoms with Gasteiger partial charge in [0, 0.05) is 18.8 Å². The van der Waals surface area contributed by atoms with Crippen molar-refractivity contribution in [1.29, 1.82) is 0 Å². The summed E-state index contributed by atoms with van der Waals surface area (Å²) in [6.45, 7) is 1.90. The molecule has 4 atom stereocenters. The number of hydroxylamine groups is 2. The zero-order valence-corrected chi connectivity index (χ0v) is 20.0. The first-order valence-corrected chi connectivity index (χ1v) is 11.6. The molecule has 10 heteroatoms. The number of benzene rings is 2. The highest BCUT2D eigenvalue weighted by Gasteiger charge is 2.67. The van der Waals surface area contributed by atoms with Crippen molar-refractivity contribution in [2.24, 2.45) is 0 Å². The number of nitrogens with one attached hydrogen (secondary N) is 1. The summed E-state index contributed by atoms with van der Waals surface area (Å²) in [5, 5.41) is 1.10. The lowest BCUT2D eigenvalue weighted by molar-refractivity contribution is -0.256. The Bertz CT molecular complexity index is 1340. The molecule has 0 spiro atoms. The van der Waals surface area contributed by atoms with Crippen molar-refractivity contribution in [3.63, 3.8) is 0 Å². The van der Waals surface area contributed by atoms with E-state index in [1.165, 1.54) is 17.8 Å². The Morgan fingerprint density at radius 2 is 1.61 bits per heavy atom. The minimum absolute atomic E-state index is 0.127. The van der Waals surface area contributed by atoms with E-state index in [4.69, 9.17) is 19.0 Å². The molecule has 2 aliphatic heterocycles. The van der Waals surface area contributed by atoms with Crippen LogP contribution in [0, 0.1) is 6.92 Å². The number of hydrogen-bond donors (Lipinski definition) is 1. The number of amides is 1. The number of nitrogens with zero attached hydrogens (tertiary/aromatic N) is 2. The molecule has 10 nitrogen and oxygen atoms in total. The summed E-state index contributed by atoms with van der Waals surface area (Å²) in [7, 11) is 1.49. The third-order valence-corrected chi connectivity index (χ3v) is 6.42. The molecule has 5 rings (SSSR count). The Balaban J connectivity index is 1.50. The van der Waals surface area contributed by atoms with Gasteiger partial charge in [0.25, 0.3) is 11.5 Å². The molecule has 0 radical (unpaired) electrons. The van der Waals surface area contributed by atoms with Crippen molar-refractivity contribution in [3.05, 3.63) is 104 Å². The van der Waals surface area contributed by atoms with Gasteiger partial charge < -0.3 is 14.2 Å². The van der Waals surface area contributed by atoms with Gasteiger partial charge in [-0.25, -0.2) is 9.86 Å². The highest BCUT2D eigenvalue weighted by atomic mass is 16.7. The number of aryl methyl sites for hydroxylation is 1. The number of hydrogen-bond acceptors (Lipinski definition) is 7. The first-order chi connectivity index (χ1) is 17.4. The Morgan fingerprint density at radius 1 is 0.972 bits per heavy atom. The van der Waals surface area contributed by atoms with Crippen LogP contribution in [-0.2, 0) is 37.1 Å². The second kappa shape index (κ2) is 9.82. The van der Waals surface area contributed by atoms with Crippen LogP contribution in [-0.4, -0.2) is 52.0 Å². The minimum atomic E-state index is -1.57. The monoisotopic (exact) mass is 493 g/mol. The van der Waals surface area contributed by atoms with Gasteiger partial charge >= 0.3 is 5.69 Å². The lowest BCUT2D eigenvalue weighted by Gasteiger charge is -2.40. The lowest BCUT2D eigenvalue weighted by Crippen LogP contribution is -2.63. The lowest BCUT2D eigenvalue weighted by atomic mass is 9.93. The highest BCUT2D eigenvalue weighted by Crippen LogP contribution is 2.45. The topological polar surface area (TPSA) is 112 Å². The Morgan fingerprint density at radius 3 is 2.28 bits per heavy atom. The van der Waals surface area contributed by atoms with E-state index >= 15 is 0 Å². The van der Waals surface area contributed by atoms with Crippen molar-refractivity contribution in [2.45, 2.75) is 44.2 Å². The maximum Gasteiger partial charge on any atom is 0.330 e. The number of aromatic nitrogens is 2. The van der Waals surface area contributed by atoms with Crippen LogP contribution in [0.4, 0.5) is 0 Å². The van der Waals surface area contributed by atoms with Crippen LogP contribution in [0.3, 0.4) is 0 Å². The average Bonchev–Trinajstić information content (AvgIpc) is 3.13. The fourth-order valence-corrected chi connectivity index (χ4v) is 4.59. The second-order valence-corrected chi connectivity index (χ2v) is 8.94. The predicted octanol–water partition coefficient (Wildman–Crippen LogP) is 1.69. The molecular weight excluding hydrogens is 466 g/mol. The fraction of sp³-hybridized carbons (Fsp3) is 0.346. The standard InChI is InChI=1S/C26H27N3O7/c1-17-13-29(25(32)27-22(17)30)23-20-21(34-15-19-11-7-4-8-12-19)26(35-23,24(31)28(2)36-20)16-33-14-18-9-5-3-6-10-18/h3-13,20-21,23H,14-16H2,1-2H3,(H,27,30,32)/t20-,21+,23-,26-/m1/s1. The first kappa shape index (κ1) is 24.1. The van der Waals surface area contributed by atoms with Crippen LogP contribution in [0.25, 0.3) is 0 Å². The van der Waals surface area contributed by atoms with E-state index in [-0.39, 0.29) is 19.8 Å². The second-order valence-electron chi connectivity index (χ2n) is 8.94.